The number of ether oxygens (including phenoxy) is 1. The van der Waals surface area contributed by atoms with Crippen LogP contribution in [0.5, 0.6) is 5.75 Å². The Hall–Kier alpha value is -2.56. The maximum absolute atomic E-state index is 12.3. The molecule has 0 saturated carbocycles. The Balaban J connectivity index is 2.13. The van der Waals surface area contributed by atoms with Gasteiger partial charge < -0.3 is 15.4 Å². The van der Waals surface area contributed by atoms with Gasteiger partial charge in [-0.1, -0.05) is 25.1 Å². The van der Waals surface area contributed by atoms with Crippen molar-refractivity contribution in [2.24, 2.45) is 0 Å². The van der Waals surface area contributed by atoms with Gasteiger partial charge >= 0.3 is 0 Å². The summed E-state index contributed by atoms with van der Waals surface area (Å²) in [5.41, 5.74) is 0.987. The van der Waals surface area contributed by atoms with E-state index < -0.39 is 0 Å². The van der Waals surface area contributed by atoms with Gasteiger partial charge in [0.25, 0.3) is 5.91 Å². The lowest BCUT2D eigenvalue weighted by atomic mass is 10.2. The molecule has 2 aromatic rings. The largest absolute Gasteiger partial charge is 0.495 e. The Morgan fingerprint density at radius 3 is 2.76 bits per heavy atom. The number of hydrogen-bond donors (Lipinski definition) is 2. The van der Waals surface area contributed by atoms with E-state index in [1.165, 1.54) is 0 Å². The summed E-state index contributed by atoms with van der Waals surface area (Å²) in [6, 6.07) is 12.6. The fraction of sp³-hybridized carbons (Fsp3) is 0.250. The van der Waals surface area contributed by atoms with E-state index in [0.29, 0.717) is 22.9 Å². The molecule has 0 bridgehead atoms. The minimum Gasteiger partial charge on any atom is -0.495 e. The highest BCUT2D eigenvalue weighted by Gasteiger charge is 2.11. The summed E-state index contributed by atoms with van der Waals surface area (Å²) in [4.78, 5) is 16.5. The smallest absolute Gasteiger partial charge is 0.274 e. The topological polar surface area (TPSA) is 63.2 Å². The van der Waals surface area contributed by atoms with Crippen molar-refractivity contribution in [3.05, 3.63) is 48.2 Å². The Kier molecular flexibility index (Phi) is 5.15. The lowest BCUT2D eigenvalue weighted by molar-refractivity contribution is 0.102. The average Bonchev–Trinajstić information content (AvgIpc) is 2.53. The molecule has 21 heavy (non-hydrogen) atoms. The van der Waals surface area contributed by atoms with Crippen molar-refractivity contribution in [2.75, 3.05) is 24.3 Å². The minimum atomic E-state index is -0.264. The van der Waals surface area contributed by atoms with Crippen molar-refractivity contribution < 1.29 is 9.53 Å². The van der Waals surface area contributed by atoms with Gasteiger partial charge in [0, 0.05) is 6.54 Å². The molecular formula is C16H19N3O2. The predicted octanol–water partition coefficient (Wildman–Crippen LogP) is 3.16. The van der Waals surface area contributed by atoms with Crippen molar-refractivity contribution in [2.45, 2.75) is 13.3 Å². The number of hydrogen-bond acceptors (Lipinski definition) is 4. The number of carbonyl (C=O) groups excluding carboxylic acids is 1. The summed E-state index contributed by atoms with van der Waals surface area (Å²) >= 11 is 0. The number of nitrogens with zero attached hydrogens (tertiary/aromatic N) is 1. The number of para-hydroxylation sites is 2. The summed E-state index contributed by atoms with van der Waals surface area (Å²) < 4.78 is 5.21. The third-order valence-corrected chi connectivity index (χ3v) is 2.89. The van der Waals surface area contributed by atoms with Crippen LogP contribution in [0, 0.1) is 0 Å². The fourth-order valence-electron chi connectivity index (χ4n) is 1.85. The molecule has 0 aliphatic carbocycles. The lowest BCUT2D eigenvalue weighted by Gasteiger charge is -2.10. The van der Waals surface area contributed by atoms with Crippen molar-refractivity contribution in [1.82, 2.24) is 4.98 Å². The molecule has 0 aliphatic heterocycles. The second-order valence-corrected chi connectivity index (χ2v) is 4.49. The molecule has 0 saturated heterocycles. The second-order valence-electron chi connectivity index (χ2n) is 4.49. The molecule has 0 spiro atoms. The van der Waals surface area contributed by atoms with Gasteiger partial charge in [-0.05, 0) is 30.7 Å². The molecule has 0 fully saturated rings. The Bertz CT molecular complexity index is 614. The zero-order chi connectivity index (χ0) is 15.1. The van der Waals surface area contributed by atoms with Crippen LogP contribution >= 0.6 is 0 Å². The molecule has 1 aromatic heterocycles. The van der Waals surface area contributed by atoms with Gasteiger partial charge in [0.2, 0.25) is 0 Å². The number of aromatic nitrogens is 1. The number of carbonyl (C=O) groups is 1. The van der Waals surface area contributed by atoms with Crippen molar-refractivity contribution >= 4 is 17.4 Å². The molecule has 2 N–H and O–H groups in total. The van der Waals surface area contributed by atoms with E-state index in [4.69, 9.17) is 4.74 Å². The molecule has 0 aliphatic rings. The number of anilines is 2. The number of amides is 1. The van der Waals surface area contributed by atoms with Gasteiger partial charge in [0.05, 0.1) is 12.8 Å². The van der Waals surface area contributed by atoms with Crippen LogP contribution in [0.4, 0.5) is 11.5 Å². The molecular weight excluding hydrogens is 266 g/mol. The molecule has 5 heteroatoms. The number of pyridine rings is 1. The van der Waals surface area contributed by atoms with E-state index in [9.17, 15) is 4.79 Å². The van der Waals surface area contributed by atoms with Gasteiger partial charge in [-0.3, -0.25) is 4.79 Å². The van der Waals surface area contributed by atoms with Crippen LogP contribution in [0.15, 0.2) is 42.5 Å². The first-order valence-corrected chi connectivity index (χ1v) is 6.90. The Labute approximate surface area is 124 Å². The second kappa shape index (κ2) is 7.28. The minimum absolute atomic E-state index is 0.264. The van der Waals surface area contributed by atoms with E-state index >= 15 is 0 Å². The third-order valence-electron chi connectivity index (χ3n) is 2.89. The SMILES string of the molecule is CCCNc1cccc(C(=O)Nc2ccccc2OC)n1. The third kappa shape index (κ3) is 3.95. The number of methoxy groups -OCH3 is 1. The molecule has 0 radical (unpaired) electrons. The highest BCUT2D eigenvalue weighted by atomic mass is 16.5. The van der Waals surface area contributed by atoms with Gasteiger partial charge in [0.1, 0.15) is 17.3 Å². The van der Waals surface area contributed by atoms with E-state index in [1.807, 2.05) is 24.3 Å². The molecule has 1 heterocycles. The van der Waals surface area contributed by atoms with E-state index in [2.05, 4.69) is 22.5 Å². The molecule has 0 unspecified atom stereocenters. The van der Waals surface area contributed by atoms with E-state index in [-0.39, 0.29) is 5.91 Å². The van der Waals surface area contributed by atoms with Crippen LogP contribution in [0.2, 0.25) is 0 Å². The van der Waals surface area contributed by atoms with Crippen molar-refractivity contribution in [1.29, 1.82) is 0 Å². The van der Waals surface area contributed by atoms with Crippen LogP contribution < -0.4 is 15.4 Å². The lowest BCUT2D eigenvalue weighted by Crippen LogP contribution is -2.15. The normalized spacial score (nSPS) is 10.0. The van der Waals surface area contributed by atoms with E-state index in [1.54, 1.807) is 25.3 Å². The molecule has 5 nitrogen and oxygen atoms in total. The summed E-state index contributed by atoms with van der Waals surface area (Å²) in [7, 11) is 1.57. The number of rotatable bonds is 6. The van der Waals surface area contributed by atoms with Crippen LogP contribution in [0.3, 0.4) is 0 Å². The van der Waals surface area contributed by atoms with Crippen LogP contribution in [0.1, 0.15) is 23.8 Å². The zero-order valence-corrected chi connectivity index (χ0v) is 12.2. The highest BCUT2D eigenvalue weighted by Crippen LogP contribution is 2.23. The molecule has 0 atom stereocenters. The van der Waals surface area contributed by atoms with Crippen molar-refractivity contribution in [3.8, 4) is 5.75 Å². The van der Waals surface area contributed by atoms with Gasteiger partial charge in [-0.2, -0.15) is 0 Å². The molecule has 1 aromatic carbocycles. The van der Waals surface area contributed by atoms with Crippen LogP contribution in [-0.4, -0.2) is 24.5 Å². The first-order valence-electron chi connectivity index (χ1n) is 6.90. The number of nitrogens with one attached hydrogen (secondary N) is 2. The van der Waals surface area contributed by atoms with Crippen LogP contribution in [-0.2, 0) is 0 Å². The highest BCUT2D eigenvalue weighted by molar-refractivity contribution is 6.03. The summed E-state index contributed by atoms with van der Waals surface area (Å²) in [6.45, 7) is 2.90. The summed E-state index contributed by atoms with van der Waals surface area (Å²) in [5.74, 6) is 1.05. The van der Waals surface area contributed by atoms with Gasteiger partial charge in [-0.15, -0.1) is 0 Å². The monoisotopic (exact) mass is 285 g/mol. The van der Waals surface area contributed by atoms with Crippen LogP contribution in [0.25, 0.3) is 0 Å². The molecule has 110 valence electrons. The van der Waals surface area contributed by atoms with Gasteiger partial charge in [0.15, 0.2) is 0 Å². The zero-order valence-electron chi connectivity index (χ0n) is 12.2. The first-order chi connectivity index (χ1) is 10.2. The summed E-state index contributed by atoms with van der Waals surface area (Å²) in [6.07, 6.45) is 0.999. The Morgan fingerprint density at radius 2 is 2.00 bits per heavy atom. The fourth-order valence-corrected chi connectivity index (χ4v) is 1.85. The quantitative estimate of drug-likeness (QED) is 0.855. The first kappa shape index (κ1) is 14.8. The summed E-state index contributed by atoms with van der Waals surface area (Å²) in [5, 5.41) is 5.97. The molecule has 1 amide bonds. The van der Waals surface area contributed by atoms with E-state index in [0.717, 1.165) is 13.0 Å². The molecule has 2 rings (SSSR count). The predicted molar refractivity (Wildman–Crippen MR) is 84.0 cm³/mol. The maximum Gasteiger partial charge on any atom is 0.274 e. The van der Waals surface area contributed by atoms with Gasteiger partial charge in [-0.25, -0.2) is 4.98 Å². The number of benzene rings is 1. The van der Waals surface area contributed by atoms with Crippen molar-refractivity contribution in [3.63, 3.8) is 0 Å². The average molecular weight is 285 g/mol. The standard InChI is InChI=1S/C16H19N3O2/c1-3-11-17-15-10-6-8-13(18-15)16(20)19-12-7-4-5-9-14(12)21-2/h4-10H,3,11H2,1-2H3,(H,17,18)(H,19,20). The maximum atomic E-state index is 12.3. The Morgan fingerprint density at radius 1 is 1.19 bits per heavy atom.